The highest BCUT2D eigenvalue weighted by Crippen LogP contribution is 2.17. The van der Waals surface area contributed by atoms with Crippen molar-refractivity contribution in [1.82, 2.24) is 20.3 Å². The van der Waals surface area contributed by atoms with Crippen molar-refractivity contribution in [2.75, 3.05) is 26.7 Å². The van der Waals surface area contributed by atoms with E-state index in [1.807, 2.05) is 41.9 Å². The summed E-state index contributed by atoms with van der Waals surface area (Å²) in [5, 5.41) is 11.4. The van der Waals surface area contributed by atoms with Crippen LogP contribution >= 0.6 is 0 Å². The number of nitrogens with zero attached hydrogens (tertiary/aromatic N) is 3. The Hall–Kier alpha value is -2.93. The van der Waals surface area contributed by atoms with Crippen LogP contribution < -0.4 is 15.0 Å². The Bertz CT molecular complexity index is 977. The number of nitrogens with one attached hydrogen (secondary N) is 2. The van der Waals surface area contributed by atoms with E-state index in [1.54, 1.807) is 7.11 Å². The van der Waals surface area contributed by atoms with Crippen LogP contribution in [0.1, 0.15) is 41.7 Å². The molecule has 4 rings (SSSR count). The summed E-state index contributed by atoms with van der Waals surface area (Å²) in [6, 6.07) is 14.0. The van der Waals surface area contributed by atoms with Gasteiger partial charge in [0.05, 0.1) is 32.3 Å². The summed E-state index contributed by atoms with van der Waals surface area (Å²) in [4.78, 5) is 14.3. The van der Waals surface area contributed by atoms with Crippen molar-refractivity contribution in [1.29, 1.82) is 0 Å². The van der Waals surface area contributed by atoms with Gasteiger partial charge in [-0.25, -0.2) is 4.68 Å². The molecule has 1 aliphatic heterocycles. The maximum atomic E-state index is 12.8. The van der Waals surface area contributed by atoms with Crippen molar-refractivity contribution in [3.8, 4) is 5.75 Å². The minimum atomic E-state index is -0.0740. The van der Waals surface area contributed by atoms with Crippen LogP contribution in [0.3, 0.4) is 0 Å². The molecule has 152 valence electrons. The van der Waals surface area contributed by atoms with Crippen LogP contribution in [0.4, 0.5) is 0 Å². The molecule has 1 fully saturated rings. The van der Waals surface area contributed by atoms with Crippen LogP contribution in [0.15, 0.2) is 42.5 Å². The third-order valence-corrected chi connectivity index (χ3v) is 5.80. The maximum Gasteiger partial charge on any atom is 0.251 e. The number of hydrogen-bond acceptors (Lipinski definition) is 4. The lowest BCUT2D eigenvalue weighted by Gasteiger charge is -2.25. The van der Waals surface area contributed by atoms with Crippen LogP contribution in [0.5, 0.6) is 5.75 Å². The quantitative estimate of drug-likeness (QED) is 0.639. The highest BCUT2D eigenvalue weighted by molar-refractivity contribution is 5.97. The van der Waals surface area contributed by atoms with Gasteiger partial charge in [-0.1, -0.05) is 5.21 Å². The topological polar surface area (TPSA) is 73.5 Å². The Balaban J connectivity index is 1.49. The molecule has 0 spiro atoms. The molecule has 7 nitrogen and oxygen atoms in total. The second-order valence-electron chi connectivity index (χ2n) is 7.51. The zero-order valence-electron chi connectivity index (χ0n) is 17.0. The second kappa shape index (κ2) is 8.61. The summed E-state index contributed by atoms with van der Waals surface area (Å²) in [6.45, 7) is 5.65. The van der Waals surface area contributed by atoms with Gasteiger partial charge >= 0.3 is 0 Å². The van der Waals surface area contributed by atoms with E-state index in [4.69, 9.17) is 4.74 Å². The Morgan fingerprint density at radius 1 is 1.21 bits per heavy atom. The number of carbonyl (C=O) groups excluding carboxylic acids is 1. The van der Waals surface area contributed by atoms with E-state index in [0.29, 0.717) is 12.1 Å². The number of methoxy groups -OCH3 is 1. The molecule has 7 heteroatoms. The maximum absolute atomic E-state index is 12.8. The van der Waals surface area contributed by atoms with Gasteiger partial charge in [0, 0.05) is 30.5 Å². The van der Waals surface area contributed by atoms with E-state index >= 15 is 0 Å². The van der Waals surface area contributed by atoms with Crippen molar-refractivity contribution >= 4 is 16.9 Å². The number of ether oxygens (including phenoxy) is 1. The highest BCUT2D eigenvalue weighted by atomic mass is 16.5. The minimum Gasteiger partial charge on any atom is -0.497 e. The van der Waals surface area contributed by atoms with E-state index in [9.17, 15) is 4.79 Å². The number of aromatic nitrogens is 3. The first-order valence-corrected chi connectivity index (χ1v) is 10.3. The van der Waals surface area contributed by atoms with Gasteiger partial charge in [0.25, 0.3) is 5.91 Å². The van der Waals surface area contributed by atoms with Crippen LogP contribution in [0.25, 0.3) is 11.0 Å². The Labute approximate surface area is 170 Å². The summed E-state index contributed by atoms with van der Waals surface area (Å²) in [6.07, 6.45) is 2.47. The fourth-order valence-corrected chi connectivity index (χ4v) is 4.16. The number of likely N-dealkylation sites (tertiary alicyclic amines) is 1. The van der Waals surface area contributed by atoms with Crippen LogP contribution in [0, 0.1) is 0 Å². The molecule has 0 aliphatic carbocycles. The second-order valence-corrected chi connectivity index (χ2v) is 7.51. The highest BCUT2D eigenvalue weighted by Gasteiger charge is 2.28. The molecule has 29 heavy (non-hydrogen) atoms. The number of benzene rings is 2. The standard InChI is InChI=1S/C22H27N5O2/c1-3-27-20-11-8-17(14-19(20)24-25-27)22(28)23-15-21(26-12-4-5-13-26)16-6-9-18(29-2)10-7-16/h6-11,14,21H,3-5,12-13,15H2,1-2H3,(H,23,28)/p+1/t21-/m0/s1. The first-order valence-electron chi connectivity index (χ1n) is 10.3. The van der Waals surface area contributed by atoms with Gasteiger partial charge in [0.2, 0.25) is 0 Å². The van der Waals surface area contributed by atoms with Crippen molar-refractivity contribution < 1.29 is 14.4 Å². The normalized spacial score (nSPS) is 15.5. The van der Waals surface area contributed by atoms with Gasteiger partial charge in [-0.15, -0.1) is 5.10 Å². The molecule has 2 aromatic carbocycles. The number of amides is 1. The van der Waals surface area contributed by atoms with Crippen molar-refractivity contribution in [2.45, 2.75) is 32.4 Å². The smallest absolute Gasteiger partial charge is 0.251 e. The Morgan fingerprint density at radius 2 is 1.97 bits per heavy atom. The molecule has 1 aliphatic rings. The Kier molecular flexibility index (Phi) is 5.76. The minimum absolute atomic E-state index is 0.0740. The molecule has 0 unspecified atom stereocenters. The third-order valence-electron chi connectivity index (χ3n) is 5.80. The molecular formula is C22H28N5O2+. The van der Waals surface area contributed by atoms with E-state index in [0.717, 1.165) is 36.4 Å². The SMILES string of the molecule is CCn1nnc2cc(C(=O)NC[C@@H](c3ccc(OC)cc3)[NH+]3CCCC3)ccc21. The number of rotatable bonds is 7. The average molecular weight is 394 g/mol. The molecule has 0 saturated carbocycles. The zero-order chi connectivity index (χ0) is 20.2. The first-order chi connectivity index (χ1) is 14.2. The lowest BCUT2D eigenvalue weighted by atomic mass is 10.0. The van der Waals surface area contributed by atoms with Gasteiger partial charge in [-0.2, -0.15) is 0 Å². The molecule has 1 saturated heterocycles. The molecule has 3 aromatic rings. The summed E-state index contributed by atoms with van der Waals surface area (Å²) in [5.74, 6) is 0.774. The van der Waals surface area contributed by atoms with E-state index < -0.39 is 0 Å². The molecule has 1 amide bonds. The summed E-state index contributed by atoms with van der Waals surface area (Å²) >= 11 is 0. The Morgan fingerprint density at radius 3 is 2.66 bits per heavy atom. The predicted octanol–water partition coefficient (Wildman–Crippen LogP) is 1.61. The number of carbonyl (C=O) groups is 1. The molecular weight excluding hydrogens is 366 g/mol. The summed E-state index contributed by atoms with van der Waals surface area (Å²) < 4.78 is 7.11. The average Bonchev–Trinajstić information content (AvgIpc) is 3.43. The van der Waals surface area contributed by atoms with Gasteiger partial charge in [-0.3, -0.25) is 4.79 Å². The number of fused-ring (bicyclic) bond motifs is 1. The van der Waals surface area contributed by atoms with Gasteiger partial charge in [0.15, 0.2) is 0 Å². The fraction of sp³-hybridized carbons (Fsp3) is 0.409. The lowest BCUT2D eigenvalue weighted by Crippen LogP contribution is -3.11. The summed E-state index contributed by atoms with van der Waals surface area (Å²) in [7, 11) is 1.67. The molecule has 1 atom stereocenters. The van der Waals surface area contributed by atoms with Crippen molar-refractivity contribution in [2.24, 2.45) is 0 Å². The number of aryl methyl sites for hydroxylation is 1. The molecule has 2 heterocycles. The molecule has 0 bridgehead atoms. The predicted molar refractivity (Wildman–Crippen MR) is 111 cm³/mol. The first kappa shape index (κ1) is 19.4. The monoisotopic (exact) mass is 394 g/mol. The van der Waals surface area contributed by atoms with Crippen LogP contribution in [-0.2, 0) is 6.54 Å². The van der Waals surface area contributed by atoms with Crippen molar-refractivity contribution in [3.63, 3.8) is 0 Å². The lowest BCUT2D eigenvalue weighted by molar-refractivity contribution is -0.918. The van der Waals surface area contributed by atoms with E-state index in [1.165, 1.54) is 23.3 Å². The third kappa shape index (κ3) is 4.10. The number of quaternary nitrogens is 1. The van der Waals surface area contributed by atoms with Gasteiger partial charge < -0.3 is 15.0 Å². The number of hydrogen-bond donors (Lipinski definition) is 2. The van der Waals surface area contributed by atoms with Crippen LogP contribution in [0.2, 0.25) is 0 Å². The van der Waals surface area contributed by atoms with E-state index in [-0.39, 0.29) is 11.9 Å². The van der Waals surface area contributed by atoms with Gasteiger partial charge in [-0.05, 0) is 49.4 Å². The van der Waals surface area contributed by atoms with Crippen molar-refractivity contribution in [3.05, 3.63) is 53.6 Å². The fourth-order valence-electron chi connectivity index (χ4n) is 4.16. The van der Waals surface area contributed by atoms with Gasteiger partial charge in [0.1, 0.15) is 17.3 Å². The largest absolute Gasteiger partial charge is 0.497 e. The van der Waals surface area contributed by atoms with E-state index in [2.05, 4.69) is 27.8 Å². The molecule has 0 radical (unpaired) electrons. The molecule has 2 N–H and O–H groups in total. The van der Waals surface area contributed by atoms with Crippen LogP contribution in [-0.4, -0.2) is 47.6 Å². The summed E-state index contributed by atoms with van der Waals surface area (Å²) in [5.41, 5.74) is 3.54. The molecule has 1 aromatic heterocycles. The zero-order valence-corrected chi connectivity index (χ0v) is 17.0.